The van der Waals surface area contributed by atoms with Crippen LogP contribution in [0.4, 0.5) is 0 Å². The fourth-order valence-electron chi connectivity index (χ4n) is 3.21. The van der Waals surface area contributed by atoms with E-state index < -0.39 is 47.9 Å². The standard InChI is InChI=1S/C21H37N9O5S/c1-11(2)6-15(29-17(31)13(22)7-12-8-25-10-27-12)18(32)30-16(9-36)19(33)28-14(20(34)35)4-3-5-26-21(23)24/h8,10-11,13-16,36H,3-7,9,22H2,1-2H3,(H,25,27)(H,28,33)(H,29,31)(H,30,32)(H,34,35)(H4,23,24,26). The number of carbonyl (C=O) groups excluding carboxylic acids is 3. The predicted octanol–water partition coefficient (Wildman–Crippen LogP) is -2.15. The third kappa shape index (κ3) is 11.4. The topological polar surface area (TPSA) is 244 Å². The lowest BCUT2D eigenvalue weighted by Gasteiger charge is -2.25. The van der Waals surface area contributed by atoms with E-state index in [1.54, 1.807) is 6.20 Å². The lowest BCUT2D eigenvalue weighted by molar-refractivity contribution is -0.142. The first-order chi connectivity index (χ1) is 16.9. The van der Waals surface area contributed by atoms with Crippen LogP contribution in [0.3, 0.4) is 0 Å². The summed E-state index contributed by atoms with van der Waals surface area (Å²) in [6.45, 7) is 3.95. The van der Waals surface area contributed by atoms with Crippen LogP contribution in [0.5, 0.6) is 0 Å². The number of amides is 3. The molecule has 1 heterocycles. The molecule has 14 nitrogen and oxygen atoms in total. The quantitative estimate of drug-likeness (QED) is 0.0491. The Hall–Kier alpha value is -3.33. The number of thiol groups is 1. The average molecular weight is 528 g/mol. The average Bonchev–Trinajstić information content (AvgIpc) is 3.30. The number of aromatic nitrogens is 2. The van der Waals surface area contributed by atoms with Crippen LogP contribution < -0.4 is 33.2 Å². The maximum atomic E-state index is 13.0. The van der Waals surface area contributed by atoms with Crippen molar-refractivity contribution in [3.05, 3.63) is 18.2 Å². The number of aliphatic imine (C=N–C) groups is 1. The van der Waals surface area contributed by atoms with Crippen molar-refractivity contribution >= 4 is 42.3 Å². The maximum Gasteiger partial charge on any atom is 0.326 e. The molecule has 11 N–H and O–H groups in total. The van der Waals surface area contributed by atoms with Crippen molar-refractivity contribution in [2.45, 2.75) is 63.7 Å². The molecule has 0 aliphatic rings. The molecule has 0 aromatic carbocycles. The van der Waals surface area contributed by atoms with Crippen molar-refractivity contribution in [3.63, 3.8) is 0 Å². The van der Waals surface area contributed by atoms with Gasteiger partial charge in [0.15, 0.2) is 5.96 Å². The molecule has 0 aliphatic heterocycles. The summed E-state index contributed by atoms with van der Waals surface area (Å²) in [5, 5.41) is 17.0. The molecular weight excluding hydrogens is 490 g/mol. The fourth-order valence-corrected chi connectivity index (χ4v) is 3.46. The Labute approximate surface area is 215 Å². The molecule has 3 amide bonds. The molecule has 0 radical (unpaired) electrons. The lowest BCUT2D eigenvalue weighted by Crippen LogP contribution is -2.58. The predicted molar refractivity (Wildman–Crippen MR) is 137 cm³/mol. The van der Waals surface area contributed by atoms with Crippen LogP contribution in [-0.2, 0) is 25.6 Å². The summed E-state index contributed by atoms with van der Waals surface area (Å²) >= 11 is 4.12. The van der Waals surface area contributed by atoms with E-state index in [4.69, 9.17) is 17.2 Å². The van der Waals surface area contributed by atoms with Crippen LogP contribution in [0.15, 0.2) is 17.5 Å². The first-order valence-corrected chi connectivity index (χ1v) is 12.1. The summed E-state index contributed by atoms with van der Waals surface area (Å²) in [6.07, 6.45) is 3.89. The lowest BCUT2D eigenvalue weighted by atomic mass is 10.0. The second-order valence-corrected chi connectivity index (χ2v) is 9.04. The molecule has 0 fully saturated rings. The Morgan fingerprint density at radius 1 is 1.08 bits per heavy atom. The number of hydrogen-bond acceptors (Lipinski definition) is 8. The summed E-state index contributed by atoms with van der Waals surface area (Å²) in [5.74, 6) is -3.29. The minimum Gasteiger partial charge on any atom is -0.480 e. The number of imidazole rings is 1. The van der Waals surface area contributed by atoms with Crippen LogP contribution >= 0.6 is 12.6 Å². The van der Waals surface area contributed by atoms with Gasteiger partial charge in [0.25, 0.3) is 0 Å². The van der Waals surface area contributed by atoms with Crippen LogP contribution in [0.1, 0.15) is 38.8 Å². The van der Waals surface area contributed by atoms with Crippen molar-refractivity contribution in [3.8, 4) is 0 Å². The highest BCUT2D eigenvalue weighted by molar-refractivity contribution is 7.80. The Morgan fingerprint density at radius 2 is 1.69 bits per heavy atom. The Morgan fingerprint density at radius 3 is 2.22 bits per heavy atom. The number of H-pyrrole nitrogens is 1. The molecule has 1 aromatic rings. The van der Waals surface area contributed by atoms with E-state index in [0.29, 0.717) is 12.1 Å². The number of aromatic amines is 1. The minimum atomic E-state index is -1.24. The van der Waals surface area contributed by atoms with Gasteiger partial charge in [0, 0.05) is 30.6 Å². The van der Waals surface area contributed by atoms with Crippen molar-refractivity contribution in [1.29, 1.82) is 0 Å². The molecule has 1 rings (SSSR count). The Kier molecular flexibility index (Phi) is 13.3. The van der Waals surface area contributed by atoms with E-state index >= 15 is 0 Å². The number of rotatable bonds is 16. The first-order valence-electron chi connectivity index (χ1n) is 11.5. The Balaban J connectivity index is 2.78. The maximum absolute atomic E-state index is 13.0. The number of carbonyl (C=O) groups is 4. The van der Waals surface area contributed by atoms with Crippen LogP contribution in [0, 0.1) is 5.92 Å². The SMILES string of the molecule is CC(C)CC(NC(=O)C(N)Cc1cnc[nH]1)C(=O)NC(CS)C(=O)NC(CCCN=C(N)N)C(=O)O. The third-order valence-corrected chi connectivity index (χ3v) is 5.41. The smallest absolute Gasteiger partial charge is 0.326 e. The van der Waals surface area contributed by atoms with Crippen molar-refractivity contribution in [2.24, 2.45) is 28.1 Å². The number of carboxylic acid groups (broad SMARTS) is 1. The van der Waals surface area contributed by atoms with Crippen molar-refractivity contribution in [1.82, 2.24) is 25.9 Å². The van der Waals surface area contributed by atoms with Gasteiger partial charge in [-0.25, -0.2) is 9.78 Å². The number of hydrogen-bond donors (Lipinski definition) is 9. The molecule has 4 atom stereocenters. The van der Waals surface area contributed by atoms with Crippen molar-refractivity contribution in [2.75, 3.05) is 12.3 Å². The molecule has 0 bridgehead atoms. The van der Waals surface area contributed by atoms with Gasteiger partial charge in [-0.05, 0) is 25.2 Å². The van der Waals surface area contributed by atoms with Gasteiger partial charge in [0.05, 0.1) is 12.4 Å². The molecule has 202 valence electrons. The van der Waals surface area contributed by atoms with Gasteiger partial charge in [-0.3, -0.25) is 19.4 Å². The summed E-state index contributed by atoms with van der Waals surface area (Å²) in [7, 11) is 0. The van der Waals surface area contributed by atoms with Gasteiger partial charge in [0.1, 0.15) is 18.1 Å². The second kappa shape index (κ2) is 15.6. The number of aliphatic carboxylic acids is 1. The highest BCUT2D eigenvalue weighted by atomic mass is 32.1. The van der Waals surface area contributed by atoms with E-state index in [2.05, 4.69) is 43.5 Å². The number of guanidine groups is 1. The molecule has 0 spiro atoms. The van der Waals surface area contributed by atoms with Gasteiger partial charge in [0.2, 0.25) is 17.7 Å². The molecule has 0 saturated heterocycles. The van der Waals surface area contributed by atoms with E-state index in [-0.39, 0.29) is 43.4 Å². The zero-order valence-electron chi connectivity index (χ0n) is 20.4. The van der Waals surface area contributed by atoms with E-state index in [9.17, 15) is 24.3 Å². The number of nitrogens with zero attached hydrogens (tertiary/aromatic N) is 2. The zero-order chi connectivity index (χ0) is 27.3. The molecular formula is C21H37N9O5S. The van der Waals surface area contributed by atoms with Crippen LogP contribution in [0.25, 0.3) is 0 Å². The van der Waals surface area contributed by atoms with Gasteiger partial charge in [-0.1, -0.05) is 13.8 Å². The highest BCUT2D eigenvalue weighted by Crippen LogP contribution is 2.07. The van der Waals surface area contributed by atoms with E-state index in [1.807, 2.05) is 13.8 Å². The van der Waals surface area contributed by atoms with Crippen molar-refractivity contribution < 1.29 is 24.3 Å². The molecule has 0 saturated carbocycles. The van der Waals surface area contributed by atoms with E-state index in [1.165, 1.54) is 6.33 Å². The summed E-state index contributed by atoms with van der Waals surface area (Å²) in [4.78, 5) is 60.3. The normalized spacial score (nSPS) is 14.2. The highest BCUT2D eigenvalue weighted by Gasteiger charge is 2.30. The largest absolute Gasteiger partial charge is 0.480 e. The van der Waals surface area contributed by atoms with Crippen LogP contribution in [-0.4, -0.2) is 81.2 Å². The van der Waals surface area contributed by atoms with Gasteiger partial charge in [-0.2, -0.15) is 12.6 Å². The molecule has 4 unspecified atom stereocenters. The molecule has 0 aliphatic carbocycles. The second-order valence-electron chi connectivity index (χ2n) is 8.67. The number of nitrogens with two attached hydrogens (primary N) is 3. The number of nitrogens with one attached hydrogen (secondary N) is 4. The summed E-state index contributed by atoms with van der Waals surface area (Å²) in [5.41, 5.74) is 17.1. The summed E-state index contributed by atoms with van der Waals surface area (Å²) < 4.78 is 0. The third-order valence-electron chi connectivity index (χ3n) is 5.05. The molecule has 15 heteroatoms. The van der Waals surface area contributed by atoms with Gasteiger partial charge >= 0.3 is 5.97 Å². The monoisotopic (exact) mass is 527 g/mol. The van der Waals surface area contributed by atoms with Gasteiger partial charge in [-0.15, -0.1) is 0 Å². The fraction of sp³-hybridized carbons (Fsp3) is 0.619. The minimum absolute atomic E-state index is 0.0368. The molecule has 36 heavy (non-hydrogen) atoms. The Bertz CT molecular complexity index is 890. The molecule has 1 aromatic heterocycles. The van der Waals surface area contributed by atoms with Crippen LogP contribution in [0.2, 0.25) is 0 Å². The first kappa shape index (κ1) is 30.7. The summed E-state index contributed by atoms with van der Waals surface area (Å²) in [6, 6.07) is -4.23. The zero-order valence-corrected chi connectivity index (χ0v) is 21.3. The van der Waals surface area contributed by atoms with Gasteiger partial charge < -0.3 is 43.2 Å². The van der Waals surface area contributed by atoms with E-state index in [0.717, 1.165) is 0 Å². The number of carboxylic acids is 1.